The molecule has 0 N–H and O–H groups in total. The molecule has 0 amide bonds. The van der Waals surface area contributed by atoms with Crippen molar-refractivity contribution in [2.24, 2.45) is 0 Å². The first kappa shape index (κ1) is 17.2. The lowest BCUT2D eigenvalue weighted by molar-refractivity contribution is 0.230. The molecule has 5 heteroatoms. The highest BCUT2D eigenvalue weighted by Crippen LogP contribution is 2.46. The van der Waals surface area contributed by atoms with Gasteiger partial charge in [0.05, 0.1) is 18.5 Å². The van der Waals surface area contributed by atoms with Crippen molar-refractivity contribution in [3.05, 3.63) is 29.8 Å². The van der Waals surface area contributed by atoms with E-state index in [2.05, 4.69) is 31.1 Å². The maximum Gasteiger partial charge on any atom is 0.361 e. The molecule has 0 saturated carbocycles. The topological polar surface area (TPSA) is 35.5 Å². The average molecular weight is 310 g/mol. The zero-order valence-electron chi connectivity index (χ0n) is 12.9. The van der Waals surface area contributed by atoms with Gasteiger partial charge in [0.25, 0.3) is 0 Å². The molecule has 1 aromatic carbocycles. The molecule has 0 aliphatic rings. The maximum absolute atomic E-state index is 12.6. The SMILES string of the molecule is CCOP(=O)(OCC)c1ccc(C#C[Si](C)(C)C)cc1. The summed E-state index contributed by atoms with van der Waals surface area (Å²) < 4.78 is 23.2. The first-order chi connectivity index (χ1) is 9.30. The molecule has 0 unspecified atom stereocenters. The molecule has 1 rings (SSSR count). The van der Waals surface area contributed by atoms with Gasteiger partial charge in [0.15, 0.2) is 0 Å². The van der Waals surface area contributed by atoms with E-state index in [1.165, 1.54) is 0 Å². The molecule has 0 atom stereocenters. The molecular weight excluding hydrogens is 287 g/mol. The second kappa shape index (κ2) is 7.24. The molecule has 3 nitrogen and oxygen atoms in total. The highest BCUT2D eigenvalue weighted by molar-refractivity contribution is 7.62. The van der Waals surface area contributed by atoms with Crippen LogP contribution < -0.4 is 5.30 Å². The van der Waals surface area contributed by atoms with Crippen LogP contribution in [0.25, 0.3) is 0 Å². The lowest BCUT2D eigenvalue weighted by Crippen LogP contribution is -2.16. The Balaban J connectivity index is 2.99. The maximum atomic E-state index is 12.6. The third-order valence-corrected chi connectivity index (χ3v) is 5.37. The van der Waals surface area contributed by atoms with Crippen molar-refractivity contribution in [2.75, 3.05) is 13.2 Å². The Hall–Kier alpha value is -0.853. The Morgan fingerprint density at radius 1 is 1.05 bits per heavy atom. The largest absolute Gasteiger partial charge is 0.361 e. The second-order valence-electron chi connectivity index (χ2n) is 5.38. The minimum absolute atomic E-state index is 0.356. The van der Waals surface area contributed by atoms with Crippen LogP contribution in [0.4, 0.5) is 0 Å². The molecule has 0 aliphatic heterocycles. The Labute approximate surface area is 123 Å². The molecular formula is C15H23O3PSi. The van der Waals surface area contributed by atoms with Gasteiger partial charge in [0, 0.05) is 5.56 Å². The number of benzene rings is 1. The van der Waals surface area contributed by atoms with Crippen molar-refractivity contribution < 1.29 is 13.6 Å². The second-order valence-corrected chi connectivity index (χ2v) is 12.2. The van der Waals surface area contributed by atoms with E-state index in [9.17, 15) is 4.57 Å². The van der Waals surface area contributed by atoms with E-state index in [4.69, 9.17) is 9.05 Å². The van der Waals surface area contributed by atoms with E-state index >= 15 is 0 Å². The molecule has 0 aliphatic carbocycles. The Bertz CT molecular complexity index is 525. The first-order valence-electron chi connectivity index (χ1n) is 6.83. The normalized spacial score (nSPS) is 11.8. The predicted octanol–water partition coefficient (Wildman–Crippen LogP) is 3.81. The van der Waals surface area contributed by atoms with Gasteiger partial charge in [-0.05, 0) is 38.1 Å². The lowest BCUT2D eigenvalue weighted by atomic mass is 10.2. The fourth-order valence-corrected chi connectivity index (χ4v) is 3.60. The van der Waals surface area contributed by atoms with Crippen molar-refractivity contribution in [3.8, 4) is 11.5 Å². The van der Waals surface area contributed by atoms with Gasteiger partial charge in [0.1, 0.15) is 8.07 Å². The smallest absolute Gasteiger partial charge is 0.305 e. The summed E-state index contributed by atoms with van der Waals surface area (Å²) in [5, 5.41) is 0.583. The van der Waals surface area contributed by atoms with Crippen molar-refractivity contribution >= 4 is 21.0 Å². The molecule has 0 radical (unpaired) electrons. The molecule has 1 aromatic rings. The average Bonchev–Trinajstić information content (AvgIpc) is 2.37. The number of hydrogen-bond acceptors (Lipinski definition) is 3. The molecule has 0 spiro atoms. The van der Waals surface area contributed by atoms with Gasteiger partial charge >= 0.3 is 7.60 Å². The number of rotatable bonds is 5. The van der Waals surface area contributed by atoms with Gasteiger partial charge in [-0.25, -0.2) is 0 Å². The van der Waals surface area contributed by atoms with Crippen LogP contribution in [0, 0.1) is 11.5 Å². The Morgan fingerprint density at radius 3 is 1.95 bits per heavy atom. The van der Waals surface area contributed by atoms with Crippen molar-refractivity contribution in [2.45, 2.75) is 33.5 Å². The lowest BCUT2D eigenvalue weighted by Gasteiger charge is -2.16. The predicted molar refractivity (Wildman–Crippen MR) is 87.2 cm³/mol. The van der Waals surface area contributed by atoms with Gasteiger partial charge in [-0.1, -0.05) is 25.6 Å². The van der Waals surface area contributed by atoms with Crippen LogP contribution in [0.15, 0.2) is 24.3 Å². The molecule has 0 bridgehead atoms. The van der Waals surface area contributed by atoms with Gasteiger partial charge in [-0.2, -0.15) is 0 Å². The summed E-state index contributed by atoms with van der Waals surface area (Å²) >= 11 is 0. The quantitative estimate of drug-likeness (QED) is 0.471. The Morgan fingerprint density at radius 2 is 1.55 bits per heavy atom. The third-order valence-electron chi connectivity index (χ3n) is 2.36. The Kier molecular flexibility index (Phi) is 6.23. The number of hydrogen-bond donors (Lipinski definition) is 0. The summed E-state index contributed by atoms with van der Waals surface area (Å²) in [5.41, 5.74) is 4.23. The zero-order valence-corrected chi connectivity index (χ0v) is 14.8. The fraction of sp³-hybridized carbons (Fsp3) is 0.467. The van der Waals surface area contributed by atoms with E-state index in [1.807, 2.05) is 12.1 Å². The van der Waals surface area contributed by atoms with E-state index in [1.54, 1.807) is 26.0 Å². The standard InChI is InChI=1S/C15H23O3PSi/c1-6-17-19(16,18-7-2)15-10-8-14(9-11-15)12-13-20(3,4)5/h8-11H,6-7H2,1-5H3. The molecule has 0 aromatic heterocycles. The van der Waals surface area contributed by atoms with Gasteiger partial charge in [-0.3, -0.25) is 4.57 Å². The van der Waals surface area contributed by atoms with E-state index in [0.29, 0.717) is 18.5 Å². The summed E-state index contributed by atoms with van der Waals surface area (Å²) in [4.78, 5) is 0. The first-order valence-corrected chi connectivity index (χ1v) is 11.9. The summed E-state index contributed by atoms with van der Waals surface area (Å²) in [7, 11) is -4.56. The van der Waals surface area contributed by atoms with Crippen molar-refractivity contribution in [1.29, 1.82) is 0 Å². The van der Waals surface area contributed by atoms with Crippen LogP contribution in [0.3, 0.4) is 0 Å². The summed E-state index contributed by atoms with van der Waals surface area (Å²) in [6, 6.07) is 7.29. The summed E-state index contributed by atoms with van der Waals surface area (Å²) in [6.07, 6.45) is 0. The molecule has 0 fully saturated rings. The third kappa shape index (κ3) is 5.26. The van der Waals surface area contributed by atoms with Crippen LogP contribution in [0.1, 0.15) is 19.4 Å². The van der Waals surface area contributed by atoms with Crippen LogP contribution in [-0.4, -0.2) is 21.3 Å². The summed E-state index contributed by atoms with van der Waals surface area (Å²) in [6.45, 7) is 10.9. The zero-order chi connectivity index (χ0) is 15.2. The molecule has 0 saturated heterocycles. The minimum Gasteiger partial charge on any atom is -0.305 e. The van der Waals surface area contributed by atoms with Gasteiger partial charge in [0.2, 0.25) is 0 Å². The van der Waals surface area contributed by atoms with Crippen LogP contribution in [-0.2, 0) is 13.6 Å². The van der Waals surface area contributed by atoms with Crippen LogP contribution >= 0.6 is 7.60 Å². The fourth-order valence-electron chi connectivity index (χ4n) is 1.51. The molecule has 0 heterocycles. The molecule has 20 heavy (non-hydrogen) atoms. The van der Waals surface area contributed by atoms with Crippen LogP contribution in [0.5, 0.6) is 0 Å². The monoisotopic (exact) mass is 310 g/mol. The van der Waals surface area contributed by atoms with Crippen LogP contribution in [0.2, 0.25) is 19.6 Å². The minimum atomic E-state index is -3.18. The van der Waals surface area contributed by atoms with Crippen molar-refractivity contribution in [3.63, 3.8) is 0 Å². The summed E-state index contributed by atoms with van der Waals surface area (Å²) in [5.74, 6) is 3.17. The highest BCUT2D eigenvalue weighted by atomic mass is 31.2. The van der Waals surface area contributed by atoms with Gasteiger partial charge < -0.3 is 9.05 Å². The molecule has 110 valence electrons. The van der Waals surface area contributed by atoms with E-state index in [0.717, 1.165) is 5.56 Å². The highest BCUT2D eigenvalue weighted by Gasteiger charge is 2.26. The van der Waals surface area contributed by atoms with E-state index < -0.39 is 15.7 Å². The van der Waals surface area contributed by atoms with Gasteiger partial charge in [-0.15, -0.1) is 5.54 Å². The van der Waals surface area contributed by atoms with Crippen molar-refractivity contribution in [1.82, 2.24) is 0 Å². The van der Waals surface area contributed by atoms with E-state index in [-0.39, 0.29) is 0 Å².